The third kappa shape index (κ3) is 4.08. The summed E-state index contributed by atoms with van der Waals surface area (Å²) in [5.74, 6) is -0.185. The second-order valence-electron chi connectivity index (χ2n) is 7.75. The fourth-order valence-electron chi connectivity index (χ4n) is 4.06. The number of aryl methyl sites for hydroxylation is 3. The van der Waals surface area contributed by atoms with Gasteiger partial charge in [-0.05, 0) is 73.2 Å². The quantitative estimate of drug-likeness (QED) is 0.618. The Morgan fingerprint density at radius 2 is 1.81 bits per heavy atom. The van der Waals surface area contributed by atoms with E-state index in [0.29, 0.717) is 24.2 Å². The van der Waals surface area contributed by atoms with E-state index in [0.717, 1.165) is 35.2 Å². The molecule has 160 valence electrons. The molecule has 6 heteroatoms. The molecule has 3 aromatic rings. The van der Waals surface area contributed by atoms with Gasteiger partial charge in [0.25, 0.3) is 15.9 Å². The van der Waals surface area contributed by atoms with Gasteiger partial charge in [0.15, 0.2) is 0 Å². The number of hydrogen-bond acceptors (Lipinski definition) is 3. The van der Waals surface area contributed by atoms with Gasteiger partial charge in [0.1, 0.15) is 0 Å². The maximum Gasteiger partial charge on any atom is 0.264 e. The predicted octanol–water partition coefficient (Wildman–Crippen LogP) is 4.95. The van der Waals surface area contributed by atoms with Crippen molar-refractivity contribution in [2.24, 2.45) is 0 Å². The van der Waals surface area contributed by atoms with Gasteiger partial charge in [0.2, 0.25) is 0 Å². The average molecular weight is 435 g/mol. The van der Waals surface area contributed by atoms with Crippen molar-refractivity contribution in [3.05, 3.63) is 89.0 Å². The molecule has 1 aliphatic heterocycles. The molecule has 0 saturated carbocycles. The molecule has 0 atom stereocenters. The van der Waals surface area contributed by atoms with E-state index in [1.165, 1.54) is 4.31 Å². The van der Waals surface area contributed by atoms with E-state index in [9.17, 15) is 13.2 Å². The molecule has 4 rings (SSSR count). The second kappa shape index (κ2) is 8.55. The largest absolute Gasteiger partial charge is 0.321 e. The number of sulfonamides is 1. The number of rotatable bonds is 5. The van der Waals surface area contributed by atoms with Crippen LogP contribution in [-0.4, -0.2) is 20.9 Å². The monoisotopic (exact) mass is 434 g/mol. The first-order chi connectivity index (χ1) is 14.9. The van der Waals surface area contributed by atoms with Gasteiger partial charge >= 0.3 is 0 Å². The van der Waals surface area contributed by atoms with Crippen molar-refractivity contribution in [2.75, 3.05) is 16.2 Å². The number of anilines is 2. The maximum atomic E-state index is 13.2. The summed E-state index contributed by atoms with van der Waals surface area (Å²) in [7, 11) is -3.64. The second-order valence-corrected chi connectivity index (χ2v) is 9.62. The van der Waals surface area contributed by atoms with Gasteiger partial charge in [-0.15, -0.1) is 0 Å². The van der Waals surface area contributed by atoms with E-state index in [2.05, 4.69) is 12.2 Å². The Hall–Kier alpha value is -3.12. The van der Waals surface area contributed by atoms with Gasteiger partial charge in [0.05, 0.1) is 10.6 Å². The summed E-state index contributed by atoms with van der Waals surface area (Å²) in [4.78, 5) is 13.3. The molecule has 1 amide bonds. The van der Waals surface area contributed by atoms with Crippen LogP contribution in [-0.2, 0) is 22.9 Å². The molecule has 0 saturated heterocycles. The first-order valence-electron chi connectivity index (χ1n) is 10.5. The van der Waals surface area contributed by atoms with Gasteiger partial charge in [-0.2, -0.15) is 0 Å². The number of nitrogens with one attached hydrogen (secondary N) is 1. The number of benzene rings is 3. The van der Waals surface area contributed by atoms with Crippen molar-refractivity contribution >= 4 is 27.3 Å². The molecule has 3 aromatic carbocycles. The Kier molecular flexibility index (Phi) is 5.83. The minimum atomic E-state index is -3.64. The zero-order chi connectivity index (χ0) is 22.0. The first-order valence-corrected chi connectivity index (χ1v) is 12.0. The molecule has 1 heterocycles. The lowest BCUT2D eigenvalue weighted by Gasteiger charge is -2.30. The van der Waals surface area contributed by atoms with Crippen LogP contribution in [0.25, 0.3) is 0 Å². The number of fused-ring (bicyclic) bond motifs is 1. The highest BCUT2D eigenvalue weighted by Crippen LogP contribution is 2.33. The SMILES string of the molecule is CCc1cccc(C)c1NC(=O)c1ccc2c(c1)CCCN2S(=O)(=O)c1ccccc1. The summed E-state index contributed by atoms with van der Waals surface area (Å²) in [5.41, 5.74) is 5.01. The Bertz CT molecular complexity index is 1220. The van der Waals surface area contributed by atoms with Crippen LogP contribution >= 0.6 is 0 Å². The Morgan fingerprint density at radius 3 is 2.55 bits per heavy atom. The van der Waals surface area contributed by atoms with Crippen LogP contribution in [0.15, 0.2) is 71.6 Å². The lowest BCUT2D eigenvalue weighted by Crippen LogP contribution is -2.35. The molecule has 0 aromatic heterocycles. The van der Waals surface area contributed by atoms with Crippen molar-refractivity contribution in [1.29, 1.82) is 0 Å². The average Bonchev–Trinajstić information content (AvgIpc) is 2.80. The van der Waals surface area contributed by atoms with Crippen molar-refractivity contribution in [2.45, 2.75) is 38.0 Å². The van der Waals surface area contributed by atoms with Crippen molar-refractivity contribution in [3.8, 4) is 0 Å². The topological polar surface area (TPSA) is 66.5 Å². The van der Waals surface area contributed by atoms with Crippen LogP contribution in [0, 0.1) is 6.92 Å². The maximum absolute atomic E-state index is 13.2. The number of amides is 1. The van der Waals surface area contributed by atoms with Crippen LogP contribution in [0.3, 0.4) is 0 Å². The highest BCUT2D eigenvalue weighted by atomic mass is 32.2. The molecule has 1 N–H and O–H groups in total. The standard InChI is InChI=1S/C25H26N2O3S/c1-3-19-10-7-9-18(2)24(19)26-25(28)21-14-15-23-20(17-21)11-8-16-27(23)31(29,30)22-12-5-4-6-13-22/h4-7,9-10,12-15,17H,3,8,11,16H2,1-2H3,(H,26,28). The Morgan fingerprint density at radius 1 is 1.03 bits per heavy atom. The molecule has 0 bridgehead atoms. The van der Waals surface area contributed by atoms with Crippen LogP contribution in [0.1, 0.15) is 40.4 Å². The molecule has 31 heavy (non-hydrogen) atoms. The lowest BCUT2D eigenvalue weighted by atomic mass is 10.00. The van der Waals surface area contributed by atoms with Crippen molar-refractivity contribution < 1.29 is 13.2 Å². The summed E-state index contributed by atoms with van der Waals surface area (Å²) in [5, 5.41) is 3.05. The number of nitrogens with zero attached hydrogens (tertiary/aromatic N) is 1. The predicted molar refractivity (Wildman–Crippen MR) is 124 cm³/mol. The van der Waals surface area contributed by atoms with E-state index in [1.807, 2.05) is 31.2 Å². The van der Waals surface area contributed by atoms with Crippen LogP contribution in [0.2, 0.25) is 0 Å². The van der Waals surface area contributed by atoms with E-state index < -0.39 is 10.0 Å². The van der Waals surface area contributed by atoms with E-state index in [-0.39, 0.29) is 10.8 Å². The van der Waals surface area contributed by atoms with Gasteiger partial charge in [-0.25, -0.2) is 8.42 Å². The fraction of sp³-hybridized carbons (Fsp3) is 0.240. The van der Waals surface area contributed by atoms with Gasteiger partial charge < -0.3 is 5.32 Å². The summed E-state index contributed by atoms with van der Waals surface area (Å²) in [6.07, 6.45) is 2.28. The van der Waals surface area contributed by atoms with Crippen molar-refractivity contribution in [1.82, 2.24) is 0 Å². The van der Waals surface area contributed by atoms with Gasteiger partial charge in [0, 0.05) is 17.8 Å². The lowest BCUT2D eigenvalue weighted by molar-refractivity contribution is 0.102. The van der Waals surface area contributed by atoms with Crippen LogP contribution in [0.4, 0.5) is 11.4 Å². The van der Waals surface area contributed by atoms with Crippen LogP contribution in [0.5, 0.6) is 0 Å². The molecular formula is C25H26N2O3S. The fourth-order valence-corrected chi connectivity index (χ4v) is 5.62. The molecule has 0 fully saturated rings. The van der Waals surface area contributed by atoms with Gasteiger partial charge in [-0.3, -0.25) is 9.10 Å². The summed E-state index contributed by atoms with van der Waals surface area (Å²) in [6.45, 7) is 4.47. The Balaban J connectivity index is 1.64. The molecule has 0 aliphatic carbocycles. The van der Waals surface area contributed by atoms with E-state index in [4.69, 9.17) is 0 Å². The highest BCUT2D eigenvalue weighted by molar-refractivity contribution is 7.92. The minimum absolute atomic E-state index is 0.185. The van der Waals surface area contributed by atoms with Gasteiger partial charge in [-0.1, -0.05) is 43.3 Å². The summed E-state index contributed by atoms with van der Waals surface area (Å²) < 4.78 is 27.8. The molecular weight excluding hydrogens is 408 g/mol. The Labute approximate surface area is 183 Å². The molecule has 1 aliphatic rings. The minimum Gasteiger partial charge on any atom is -0.321 e. The zero-order valence-corrected chi connectivity index (χ0v) is 18.6. The molecule has 0 spiro atoms. The summed E-state index contributed by atoms with van der Waals surface area (Å²) in [6, 6.07) is 19.7. The normalized spacial score (nSPS) is 13.5. The zero-order valence-electron chi connectivity index (χ0n) is 17.8. The third-order valence-electron chi connectivity index (χ3n) is 5.73. The van der Waals surface area contributed by atoms with Crippen LogP contribution < -0.4 is 9.62 Å². The summed E-state index contributed by atoms with van der Waals surface area (Å²) >= 11 is 0. The third-order valence-corrected chi connectivity index (χ3v) is 7.55. The highest BCUT2D eigenvalue weighted by Gasteiger charge is 2.29. The van der Waals surface area contributed by atoms with Crippen molar-refractivity contribution in [3.63, 3.8) is 0 Å². The first kappa shape index (κ1) is 21.1. The number of hydrogen-bond donors (Lipinski definition) is 1. The number of para-hydroxylation sites is 1. The van der Waals surface area contributed by atoms with E-state index in [1.54, 1.807) is 42.5 Å². The molecule has 0 radical (unpaired) electrons. The molecule has 5 nitrogen and oxygen atoms in total. The number of carbonyl (C=O) groups is 1. The molecule has 0 unspecified atom stereocenters. The smallest absolute Gasteiger partial charge is 0.264 e. The van der Waals surface area contributed by atoms with E-state index >= 15 is 0 Å². The number of carbonyl (C=O) groups excluding carboxylic acids is 1.